The highest BCUT2D eigenvalue weighted by molar-refractivity contribution is 4.94. The zero-order valence-corrected chi connectivity index (χ0v) is 7.49. The molecule has 0 radical (unpaired) electrons. The fourth-order valence-corrected chi connectivity index (χ4v) is 1.06. The zero-order valence-electron chi connectivity index (χ0n) is 7.49. The Hall–Kier alpha value is -0.940. The van der Waals surface area contributed by atoms with E-state index >= 15 is 0 Å². The molecule has 1 rings (SSSR count). The van der Waals surface area contributed by atoms with Crippen LogP contribution >= 0.6 is 0 Å². The third-order valence-electron chi connectivity index (χ3n) is 1.83. The van der Waals surface area contributed by atoms with Crippen LogP contribution in [0.15, 0.2) is 6.20 Å². The van der Waals surface area contributed by atoms with Gasteiger partial charge in [0, 0.05) is 25.7 Å². The van der Waals surface area contributed by atoms with E-state index in [9.17, 15) is 0 Å². The molecule has 1 atom stereocenters. The number of nitrogens with zero attached hydrogens (tertiary/aromatic N) is 3. The van der Waals surface area contributed by atoms with E-state index in [2.05, 4.69) is 22.7 Å². The molecule has 5 heteroatoms. The maximum atomic E-state index is 5.33. The van der Waals surface area contributed by atoms with Gasteiger partial charge in [-0.1, -0.05) is 12.1 Å². The maximum Gasteiger partial charge on any atom is 0.0843 e. The predicted molar refractivity (Wildman–Crippen MR) is 46.1 cm³/mol. The smallest absolute Gasteiger partial charge is 0.0843 e. The Balaban J connectivity index is 2.50. The Morgan fingerprint density at radius 3 is 2.92 bits per heavy atom. The largest absolute Gasteiger partial charge is 0.271 e. The Bertz CT molecular complexity index is 227. The molecule has 0 saturated carbocycles. The minimum atomic E-state index is 0.293. The van der Waals surface area contributed by atoms with Crippen LogP contribution in [0.1, 0.15) is 19.0 Å². The summed E-state index contributed by atoms with van der Waals surface area (Å²) < 4.78 is 1.69. The van der Waals surface area contributed by atoms with Gasteiger partial charge in [0.15, 0.2) is 0 Å². The van der Waals surface area contributed by atoms with Crippen molar-refractivity contribution in [2.45, 2.75) is 25.8 Å². The first-order valence-corrected chi connectivity index (χ1v) is 4.07. The van der Waals surface area contributed by atoms with Crippen molar-refractivity contribution in [3.05, 3.63) is 11.9 Å². The molecule has 3 N–H and O–H groups in total. The Labute approximate surface area is 71.9 Å². The van der Waals surface area contributed by atoms with Gasteiger partial charge in [0.05, 0.1) is 5.69 Å². The van der Waals surface area contributed by atoms with Crippen LogP contribution in [0.3, 0.4) is 0 Å². The van der Waals surface area contributed by atoms with Crippen LogP contribution in [-0.2, 0) is 13.5 Å². The Morgan fingerprint density at radius 1 is 1.75 bits per heavy atom. The number of hydrogen-bond donors (Lipinski definition) is 2. The van der Waals surface area contributed by atoms with Crippen LogP contribution in [0.2, 0.25) is 0 Å². The van der Waals surface area contributed by atoms with Crippen LogP contribution in [0.25, 0.3) is 0 Å². The molecule has 1 aromatic rings. The molecular formula is C7H15N5. The fraction of sp³-hybridized carbons (Fsp3) is 0.714. The number of nitrogens with two attached hydrogens (primary N) is 1. The highest BCUT2D eigenvalue weighted by Gasteiger charge is 2.06. The van der Waals surface area contributed by atoms with Crippen molar-refractivity contribution < 1.29 is 0 Å². The topological polar surface area (TPSA) is 68.8 Å². The summed E-state index contributed by atoms with van der Waals surface area (Å²) in [6.45, 7) is 2.08. The monoisotopic (exact) mass is 169 g/mol. The summed E-state index contributed by atoms with van der Waals surface area (Å²) in [6.07, 6.45) is 3.73. The molecule has 0 saturated heterocycles. The van der Waals surface area contributed by atoms with Crippen molar-refractivity contribution in [1.82, 2.24) is 20.4 Å². The predicted octanol–water partition coefficient (Wildman–Crippen LogP) is -0.400. The molecule has 0 bridgehead atoms. The van der Waals surface area contributed by atoms with Crippen molar-refractivity contribution in [2.75, 3.05) is 0 Å². The summed E-state index contributed by atoms with van der Waals surface area (Å²) in [5.41, 5.74) is 3.71. The van der Waals surface area contributed by atoms with Crippen LogP contribution in [0.5, 0.6) is 0 Å². The number of nitrogens with one attached hydrogen (secondary N) is 1. The molecule has 0 amide bonds. The minimum absolute atomic E-state index is 0.293. The van der Waals surface area contributed by atoms with Gasteiger partial charge in [-0.05, 0) is 6.42 Å². The van der Waals surface area contributed by atoms with Gasteiger partial charge in [0.25, 0.3) is 0 Å². The molecule has 0 aliphatic heterocycles. The SMILES string of the molecule is CCC(Cc1cn(C)nn1)NN. The van der Waals surface area contributed by atoms with Crippen LogP contribution in [0.4, 0.5) is 0 Å². The lowest BCUT2D eigenvalue weighted by molar-refractivity contribution is 0.506. The van der Waals surface area contributed by atoms with E-state index in [0.717, 1.165) is 18.5 Å². The summed E-state index contributed by atoms with van der Waals surface area (Å²) in [4.78, 5) is 0. The average Bonchev–Trinajstić information content (AvgIpc) is 2.47. The zero-order chi connectivity index (χ0) is 8.97. The second kappa shape index (κ2) is 4.18. The molecule has 68 valence electrons. The lowest BCUT2D eigenvalue weighted by Crippen LogP contribution is -2.36. The molecule has 0 fully saturated rings. The standard InChI is InChI=1S/C7H15N5/c1-3-6(9-8)4-7-5-12(2)11-10-7/h5-6,9H,3-4,8H2,1-2H3. The third-order valence-corrected chi connectivity index (χ3v) is 1.83. The first kappa shape index (κ1) is 9.15. The number of aryl methyl sites for hydroxylation is 1. The minimum Gasteiger partial charge on any atom is -0.271 e. The highest BCUT2D eigenvalue weighted by Crippen LogP contribution is 1.99. The molecule has 0 aliphatic rings. The maximum absolute atomic E-state index is 5.33. The Morgan fingerprint density at radius 2 is 2.50 bits per heavy atom. The Kier molecular flexibility index (Phi) is 3.19. The lowest BCUT2D eigenvalue weighted by Gasteiger charge is -2.10. The van der Waals surface area contributed by atoms with Gasteiger partial charge >= 0.3 is 0 Å². The van der Waals surface area contributed by atoms with Gasteiger partial charge < -0.3 is 0 Å². The second-order valence-corrected chi connectivity index (χ2v) is 2.86. The van der Waals surface area contributed by atoms with E-state index in [1.807, 2.05) is 13.2 Å². The third kappa shape index (κ3) is 2.28. The molecule has 5 nitrogen and oxygen atoms in total. The quantitative estimate of drug-likeness (QED) is 0.475. The van der Waals surface area contributed by atoms with Crippen LogP contribution in [-0.4, -0.2) is 21.0 Å². The summed E-state index contributed by atoms with van der Waals surface area (Å²) in [7, 11) is 1.85. The summed E-state index contributed by atoms with van der Waals surface area (Å²) in [5.74, 6) is 5.33. The van der Waals surface area contributed by atoms with E-state index in [1.54, 1.807) is 4.68 Å². The van der Waals surface area contributed by atoms with Gasteiger partial charge in [-0.25, -0.2) is 0 Å². The van der Waals surface area contributed by atoms with Gasteiger partial charge in [0.2, 0.25) is 0 Å². The first-order valence-electron chi connectivity index (χ1n) is 4.07. The lowest BCUT2D eigenvalue weighted by atomic mass is 10.1. The van der Waals surface area contributed by atoms with E-state index < -0.39 is 0 Å². The fourth-order valence-electron chi connectivity index (χ4n) is 1.06. The number of hydrogen-bond acceptors (Lipinski definition) is 4. The molecule has 12 heavy (non-hydrogen) atoms. The molecular weight excluding hydrogens is 154 g/mol. The van der Waals surface area contributed by atoms with Crippen molar-refractivity contribution in [3.63, 3.8) is 0 Å². The molecule has 1 aromatic heterocycles. The summed E-state index contributed by atoms with van der Waals surface area (Å²) in [6, 6.07) is 0.293. The molecule has 0 aliphatic carbocycles. The van der Waals surface area contributed by atoms with E-state index in [-0.39, 0.29) is 0 Å². The molecule has 0 aromatic carbocycles. The highest BCUT2D eigenvalue weighted by atomic mass is 15.4. The van der Waals surface area contributed by atoms with Gasteiger partial charge in [-0.15, -0.1) is 5.10 Å². The first-order chi connectivity index (χ1) is 5.76. The van der Waals surface area contributed by atoms with E-state index in [4.69, 9.17) is 5.84 Å². The van der Waals surface area contributed by atoms with E-state index in [1.165, 1.54) is 0 Å². The van der Waals surface area contributed by atoms with Crippen molar-refractivity contribution in [3.8, 4) is 0 Å². The van der Waals surface area contributed by atoms with E-state index in [0.29, 0.717) is 6.04 Å². The molecule has 1 unspecified atom stereocenters. The average molecular weight is 169 g/mol. The molecule has 1 heterocycles. The van der Waals surface area contributed by atoms with Crippen LogP contribution in [0, 0.1) is 0 Å². The van der Waals surface area contributed by atoms with Crippen molar-refractivity contribution in [2.24, 2.45) is 12.9 Å². The van der Waals surface area contributed by atoms with Gasteiger partial charge in [-0.3, -0.25) is 16.0 Å². The summed E-state index contributed by atoms with van der Waals surface area (Å²) >= 11 is 0. The van der Waals surface area contributed by atoms with Crippen molar-refractivity contribution >= 4 is 0 Å². The second-order valence-electron chi connectivity index (χ2n) is 2.86. The van der Waals surface area contributed by atoms with Gasteiger partial charge in [-0.2, -0.15) is 0 Å². The number of aromatic nitrogens is 3. The van der Waals surface area contributed by atoms with Crippen molar-refractivity contribution in [1.29, 1.82) is 0 Å². The van der Waals surface area contributed by atoms with Crippen LogP contribution < -0.4 is 11.3 Å². The van der Waals surface area contributed by atoms with Gasteiger partial charge in [0.1, 0.15) is 0 Å². The summed E-state index contributed by atoms with van der Waals surface area (Å²) in [5, 5.41) is 7.81. The number of rotatable bonds is 4. The normalized spacial score (nSPS) is 13.2. The number of hydrazine groups is 1. The molecule has 0 spiro atoms.